The van der Waals surface area contributed by atoms with Gasteiger partial charge in [0.1, 0.15) is 0 Å². The maximum Gasteiger partial charge on any atom is -0.0240 e. The number of rotatable bonds is 0. The van der Waals surface area contributed by atoms with E-state index in [1.807, 2.05) is 0 Å². The lowest BCUT2D eigenvalue weighted by atomic mass is 9.77. The van der Waals surface area contributed by atoms with Crippen LogP contribution >= 0.6 is 0 Å². The van der Waals surface area contributed by atoms with E-state index in [1.165, 1.54) is 12.8 Å². The molecule has 2 aliphatic carbocycles. The molecule has 2 fully saturated rings. The fourth-order valence-electron chi connectivity index (χ4n) is 3.19. The first-order chi connectivity index (χ1) is 4.47. The van der Waals surface area contributed by atoms with E-state index in [0.29, 0.717) is 5.41 Å². The van der Waals surface area contributed by atoms with Gasteiger partial charge in [-0.2, -0.15) is 0 Å². The fraction of sp³-hybridized carbons (Fsp3) is 1.00. The number of fused-ring (bicyclic) bond motifs is 1. The Morgan fingerprint density at radius 1 is 1.10 bits per heavy atom. The lowest BCUT2D eigenvalue weighted by Gasteiger charge is -2.27. The van der Waals surface area contributed by atoms with E-state index in [0.717, 1.165) is 17.3 Å². The van der Waals surface area contributed by atoms with Gasteiger partial charge < -0.3 is 0 Å². The fourth-order valence-corrected chi connectivity index (χ4v) is 3.19. The van der Waals surface area contributed by atoms with Gasteiger partial charge in [0.05, 0.1) is 0 Å². The van der Waals surface area contributed by atoms with E-state index >= 15 is 0 Å². The van der Waals surface area contributed by atoms with Crippen LogP contribution in [0.1, 0.15) is 40.5 Å². The van der Waals surface area contributed by atoms with Gasteiger partial charge in [0.2, 0.25) is 0 Å². The largest absolute Gasteiger partial charge is 0.0622 e. The highest BCUT2D eigenvalue weighted by molar-refractivity contribution is 5.14. The van der Waals surface area contributed by atoms with Crippen LogP contribution in [0.5, 0.6) is 0 Å². The molecule has 0 nitrogen and oxygen atoms in total. The van der Waals surface area contributed by atoms with E-state index in [9.17, 15) is 0 Å². The molecule has 0 aromatic heterocycles. The average Bonchev–Trinajstić information content (AvgIpc) is 2.37. The van der Waals surface area contributed by atoms with Crippen molar-refractivity contribution in [2.45, 2.75) is 40.5 Å². The Bertz CT molecular complexity index is 166. The molecule has 0 spiro atoms. The molecule has 0 aliphatic heterocycles. The first-order valence-corrected chi connectivity index (χ1v) is 4.47. The minimum absolute atomic E-state index is 0.636. The van der Waals surface area contributed by atoms with Gasteiger partial charge in [-0.05, 0) is 35.5 Å². The monoisotopic (exact) mass is 138 g/mol. The molecule has 0 amide bonds. The highest BCUT2D eigenvalue weighted by Gasteiger charge is 2.65. The summed E-state index contributed by atoms with van der Waals surface area (Å²) in [6.07, 6.45) is 2.95. The Kier molecular flexibility index (Phi) is 0.964. The van der Waals surface area contributed by atoms with E-state index in [1.54, 1.807) is 0 Å². The second kappa shape index (κ2) is 1.44. The standard InChI is InChI=1S/C10H18/c1-7-5-9(2,3)10(4)6-8(7)10/h7-8H,5-6H2,1-4H3. The van der Waals surface area contributed by atoms with Crippen molar-refractivity contribution >= 4 is 0 Å². The summed E-state index contributed by atoms with van der Waals surface area (Å²) < 4.78 is 0. The van der Waals surface area contributed by atoms with Crippen molar-refractivity contribution in [3.05, 3.63) is 0 Å². The molecule has 0 bridgehead atoms. The second-order valence-corrected chi connectivity index (χ2v) is 5.29. The third-order valence-electron chi connectivity index (χ3n) is 4.37. The molecule has 0 aromatic carbocycles. The van der Waals surface area contributed by atoms with E-state index in [2.05, 4.69) is 27.7 Å². The van der Waals surface area contributed by atoms with Crippen LogP contribution in [0.3, 0.4) is 0 Å². The molecule has 0 radical (unpaired) electrons. The van der Waals surface area contributed by atoms with Gasteiger partial charge in [-0.15, -0.1) is 0 Å². The van der Waals surface area contributed by atoms with Crippen LogP contribution in [0.4, 0.5) is 0 Å². The van der Waals surface area contributed by atoms with Crippen LogP contribution < -0.4 is 0 Å². The quantitative estimate of drug-likeness (QED) is 0.482. The maximum absolute atomic E-state index is 2.47. The molecule has 0 saturated heterocycles. The van der Waals surface area contributed by atoms with E-state index < -0.39 is 0 Å². The first-order valence-electron chi connectivity index (χ1n) is 4.47. The van der Waals surface area contributed by atoms with Crippen molar-refractivity contribution < 1.29 is 0 Å². The Morgan fingerprint density at radius 3 is 1.80 bits per heavy atom. The molecule has 10 heavy (non-hydrogen) atoms. The SMILES string of the molecule is CC1CC(C)(C)C2(C)CC12. The second-order valence-electron chi connectivity index (χ2n) is 5.29. The van der Waals surface area contributed by atoms with Gasteiger partial charge >= 0.3 is 0 Å². The zero-order chi connectivity index (χ0) is 7.57. The zero-order valence-electron chi connectivity index (χ0n) is 7.57. The van der Waals surface area contributed by atoms with Crippen molar-refractivity contribution in [3.63, 3.8) is 0 Å². The van der Waals surface area contributed by atoms with Crippen molar-refractivity contribution in [1.29, 1.82) is 0 Å². The summed E-state index contributed by atoms with van der Waals surface area (Å²) in [6.45, 7) is 9.78. The molecule has 58 valence electrons. The Balaban J connectivity index is 2.28. The van der Waals surface area contributed by atoms with Crippen LogP contribution in [-0.2, 0) is 0 Å². The molecule has 3 unspecified atom stereocenters. The predicted octanol–water partition coefficient (Wildman–Crippen LogP) is 3.08. The van der Waals surface area contributed by atoms with Crippen molar-refractivity contribution in [2.75, 3.05) is 0 Å². The Morgan fingerprint density at radius 2 is 1.70 bits per heavy atom. The van der Waals surface area contributed by atoms with Crippen molar-refractivity contribution in [1.82, 2.24) is 0 Å². The highest BCUT2D eigenvalue weighted by Crippen LogP contribution is 2.73. The van der Waals surface area contributed by atoms with Crippen LogP contribution in [-0.4, -0.2) is 0 Å². The summed E-state index contributed by atoms with van der Waals surface area (Å²) in [5.41, 5.74) is 1.36. The molecule has 0 heterocycles. The molecular weight excluding hydrogens is 120 g/mol. The smallest absolute Gasteiger partial charge is 0.0240 e. The molecule has 0 heteroatoms. The molecule has 0 aromatic rings. The van der Waals surface area contributed by atoms with E-state index in [4.69, 9.17) is 0 Å². The molecule has 2 saturated carbocycles. The lowest BCUT2D eigenvalue weighted by Crippen LogP contribution is -2.19. The summed E-state index contributed by atoms with van der Waals surface area (Å²) in [4.78, 5) is 0. The minimum Gasteiger partial charge on any atom is -0.0622 e. The van der Waals surface area contributed by atoms with Gasteiger partial charge in [-0.1, -0.05) is 27.7 Å². The van der Waals surface area contributed by atoms with E-state index in [-0.39, 0.29) is 0 Å². The molecule has 0 N–H and O–H groups in total. The predicted molar refractivity (Wildman–Crippen MR) is 43.8 cm³/mol. The summed E-state index contributed by atoms with van der Waals surface area (Å²) in [7, 11) is 0. The van der Waals surface area contributed by atoms with Gasteiger partial charge in [0, 0.05) is 0 Å². The van der Waals surface area contributed by atoms with Gasteiger partial charge in [-0.25, -0.2) is 0 Å². The van der Waals surface area contributed by atoms with Crippen molar-refractivity contribution in [2.24, 2.45) is 22.7 Å². The molecular formula is C10H18. The van der Waals surface area contributed by atoms with Crippen LogP contribution in [0.15, 0.2) is 0 Å². The lowest BCUT2D eigenvalue weighted by molar-refractivity contribution is 0.220. The zero-order valence-corrected chi connectivity index (χ0v) is 7.57. The average molecular weight is 138 g/mol. The topological polar surface area (TPSA) is 0 Å². The molecule has 3 atom stereocenters. The summed E-state index contributed by atoms with van der Waals surface area (Å²) in [6, 6.07) is 0. The number of hydrogen-bond acceptors (Lipinski definition) is 0. The third kappa shape index (κ3) is 0.538. The van der Waals surface area contributed by atoms with Crippen LogP contribution in [0.2, 0.25) is 0 Å². The Hall–Kier alpha value is 0. The Labute approximate surface area is 64.0 Å². The number of hydrogen-bond donors (Lipinski definition) is 0. The highest BCUT2D eigenvalue weighted by atomic mass is 14.7. The summed E-state index contributed by atoms with van der Waals surface area (Å²) in [5, 5.41) is 0. The minimum atomic E-state index is 0.636. The van der Waals surface area contributed by atoms with Crippen LogP contribution in [0, 0.1) is 22.7 Å². The summed E-state index contributed by atoms with van der Waals surface area (Å²) >= 11 is 0. The van der Waals surface area contributed by atoms with Crippen LogP contribution in [0.25, 0.3) is 0 Å². The first kappa shape index (κ1) is 6.69. The molecule has 2 aliphatic rings. The maximum atomic E-state index is 2.47. The van der Waals surface area contributed by atoms with Gasteiger partial charge in [0.15, 0.2) is 0 Å². The third-order valence-corrected chi connectivity index (χ3v) is 4.37. The van der Waals surface area contributed by atoms with Gasteiger partial charge in [-0.3, -0.25) is 0 Å². The van der Waals surface area contributed by atoms with Gasteiger partial charge in [0.25, 0.3) is 0 Å². The van der Waals surface area contributed by atoms with Crippen molar-refractivity contribution in [3.8, 4) is 0 Å². The molecule has 2 rings (SSSR count). The summed E-state index contributed by atoms with van der Waals surface area (Å²) in [5.74, 6) is 2.07. The normalized spacial score (nSPS) is 56.4.